The summed E-state index contributed by atoms with van der Waals surface area (Å²) >= 11 is 0. The number of hydrogen-bond donors (Lipinski definition) is 3. The highest BCUT2D eigenvalue weighted by Gasteiger charge is 2.12. The highest BCUT2D eigenvalue weighted by atomic mass is 32.2. The van der Waals surface area contributed by atoms with Gasteiger partial charge in [0, 0.05) is 24.8 Å². The van der Waals surface area contributed by atoms with Gasteiger partial charge in [0.15, 0.2) is 0 Å². The Kier molecular flexibility index (Phi) is 5.78. The number of nitrogens with two attached hydrogens (primary N) is 1. The molecule has 0 aliphatic heterocycles. The van der Waals surface area contributed by atoms with Crippen LogP contribution in [-0.2, 0) is 10.0 Å². The normalized spacial score (nSPS) is 13.5. The molecule has 19 heavy (non-hydrogen) atoms. The minimum Gasteiger partial charge on any atom is -0.383 e. The van der Waals surface area contributed by atoms with E-state index in [1.54, 1.807) is 31.2 Å². The summed E-state index contributed by atoms with van der Waals surface area (Å²) in [6.07, 6.45) is 0. The maximum absolute atomic E-state index is 11.7. The standard InChI is InChI=1S/C13H23N3O2S/c1-4-16-19(17,18)12-7-5-11(6-8-12)15-9-13(14)10(2)3/h5-8,10,13,15-16H,4,9,14H2,1-3H3. The van der Waals surface area contributed by atoms with Crippen molar-refractivity contribution in [2.45, 2.75) is 31.7 Å². The molecular weight excluding hydrogens is 262 g/mol. The third kappa shape index (κ3) is 4.81. The molecule has 0 spiro atoms. The van der Waals surface area contributed by atoms with Crippen LogP contribution in [0.15, 0.2) is 29.2 Å². The van der Waals surface area contributed by atoms with E-state index >= 15 is 0 Å². The van der Waals surface area contributed by atoms with Gasteiger partial charge in [-0.15, -0.1) is 0 Å². The first-order chi connectivity index (χ1) is 8.86. The Morgan fingerprint density at radius 1 is 1.21 bits per heavy atom. The van der Waals surface area contributed by atoms with Crippen molar-refractivity contribution in [2.24, 2.45) is 11.7 Å². The Morgan fingerprint density at radius 3 is 2.26 bits per heavy atom. The van der Waals surface area contributed by atoms with Crippen molar-refractivity contribution >= 4 is 15.7 Å². The molecule has 0 aromatic heterocycles. The Bertz CT molecular complexity index is 483. The summed E-state index contributed by atoms with van der Waals surface area (Å²) in [7, 11) is -3.37. The molecule has 0 aliphatic rings. The number of benzene rings is 1. The number of rotatable bonds is 7. The SMILES string of the molecule is CCNS(=O)(=O)c1ccc(NCC(N)C(C)C)cc1. The summed E-state index contributed by atoms with van der Waals surface area (Å²) in [5, 5.41) is 3.20. The smallest absolute Gasteiger partial charge is 0.240 e. The van der Waals surface area contributed by atoms with Crippen LogP contribution in [0.25, 0.3) is 0 Å². The van der Waals surface area contributed by atoms with Crippen molar-refractivity contribution in [1.29, 1.82) is 0 Å². The predicted molar refractivity (Wildman–Crippen MR) is 78.6 cm³/mol. The fourth-order valence-electron chi connectivity index (χ4n) is 1.50. The number of nitrogens with one attached hydrogen (secondary N) is 2. The summed E-state index contributed by atoms with van der Waals surface area (Å²) in [5.41, 5.74) is 6.80. The second kappa shape index (κ2) is 6.88. The van der Waals surface area contributed by atoms with Gasteiger partial charge in [0.1, 0.15) is 0 Å². The zero-order chi connectivity index (χ0) is 14.5. The van der Waals surface area contributed by atoms with Crippen LogP contribution in [0.5, 0.6) is 0 Å². The molecule has 0 saturated carbocycles. The maximum atomic E-state index is 11.7. The fourth-order valence-corrected chi connectivity index (χ4v) is 2.54. The summed E-state index contributed by atoms with van der Waals surface area (Å²) < 4.78 is 25.9. The molecule has 0 radical (unpaired) electrons. The minimum atomic E-state index is -3.37. The zero-order valence-corrected chi connectivity index (χ0v) is 12.5. The van der Waals surface area contributed by atoms with Gasteiger partial charge in [-0.25, -0.2) is 13.1 Å². The average molecular weight is 285 g/mol. The van der Waals surface area contributed by atoms with Gasteiger partial charge in [0.05, 0.1) is 4.90 Å². The van der Waals surface area contributed by atoms with Crippen LogP contribution in [-0.4, -0.2) is 27.5 Å². The molecule has 6 heteroatoms. The van der Waals surface area contributed by atoms with Gasteiger partial charge < -0.3 is 11.1 Å². The summed E-state index contributed by atoms with van der Waals surface area (Å²) in [4.78, 5) is 0.271. The summed E-state index contributed by atoms with van der Waals surface area (Å²) in [6, 6.07) is 6.74. The lowest BCUT2D eigenvalue weighted by Crippen LogP contribution is -2.33. The van der Waals surface area contributed by atoms with Crippen molar-refractivity contribution in [1.82, 2.24) is 4.72 Å². The Morgan fingerprint density at radius 2 is 1.79 bits per heavy atom. The molecule has 0 aliphatic carbocycles. The zero-order valence-electron chi connectivity index (χ0n) is 11.7. The Balaban J connectivity index is 2.67. The third-order valence-corrected chi connectivity index (χ3v) is 4.46. The van der Waals surface area contributed by atoms with Gasteiger partial charge >= 0.3 is 0 Å². The molecule has 4 N–H and O–H groups in total. The fraction of sp³-hybridized carbons (Fsp3) is 0.538. The number of sulfonamides is 1. The lowest BCUT2D eigenvalue weighted by Gasteiger charge is -2.17. The largest absolute Gasteiger partial charge is 0.383 e. The van der Waals surface area contributed by atoms with E-state index in [4.69, 9.17) is 5.73 Å². The summed E-state index contributed by atoms with van der Waals surface area (Å²) in [6.45, 7) is 6.93. The van der Waals surface area contributed by atoms with Crippen molar-refractivity contribution in [2.75, 3.05) is 18.4 Å². The highest BCUT2D eigenvalue weighted by molar-refractivity contribution is 7.89. The molecule has 1 atom stereocenters. The highest BCUT2D eigenvalue weighted by Crippen LogP contribution is 2.14. The van der Waals surface area contributed by atoms with Crippen LogP contribution in [0.1, 0.15) is 20.8 Å². The molecule has 1 unspecified atom stereocenters. The van der Waals surface area contributed by atoms with Gasteiger partial charge in [-0.1, -0.05) is 20.8 Å². The van der Waals surface area contributed by atoms with E-state index in [2.05, 4.69) is 23.9 Å². The lowest BCUT2D eigenvalue weighted by molar-refractivity contribution is 0.511. The first-order valence-corrected chi connectivity index (χ1v) is 7.94. The molecule has 0 saturated heterocycles. The molecule has 1 rings (SSSR count). The molecular formula is C13H23N3O2S. The minimum absolute atomic E-state index is 0.0742. The Labute approximate surface area is 115 Å². The molecule has 5 nitrogen and oxygen atoms in total. The lowest BCUT2D eigenvalue weighted by atomic mass is 10.1. The second-order valence-electron chi connectivity index (χ2n) is 4.81. The van der Waals surface area contributed by atoms with E-state index in [0.29, 0.717) is 19.0 Å². The van der Waals surface area contributed by atoms with E-state index < -0.39 is 10.0 Å². The van der Waals surface area contributed by atoms with Crippen molar-refractivity contribution in [3.63, 3.8) is 0 Å². The van der Waals surface area contributed by atoms with E-state index in [1.165, 1.54) is 0 Å². The molecule has 0 heterocycles. The van der Waals surface area contributed by atoms with Crippen molar-refractivity contribution in [3.8, 4) is 0 Å². The number of anilines is 1. The van der Waals surface area contributed by atoms with Crippen LogP contribution in [0.3, 0.4) is 0 Å². The van der Waals surface area contributed by atoms with E-state index in [0.717, 1.165) is 5.69 Å². The molecule has 0 bridgehead atoms. The van der Waals surface area contributed by atoms with Gasteiger partial charge in [0.2, 0.25) is 10.0 Å². The van der Waals surface area contributed by atoms with Crippen molar-refractivity contribution in [3.05, 3.63) is 24.3 Å². The molecule has 1 aromatic carbocycles. The van der Waals surface area contributed by atoms with Crippen LogP contribution >= 0.6 is 0 Å². The van der Waals surface area contributed by atoms with Crippen LogP contribution in [0.4, 0.5) is 5.69 Å². The Hall–Kier alpha value is -1.11. The van der Waals surface area contributed by atoms with Crippen LogP contribution < -0.4 is 15.8 Å². The van der Waals surface area contributed by atoms with E-state index in [9.17, 15) is 8.42 Å². The van der Waals surface area contributed by atoms with Gasteiger partial charge in [-0.05, 0) is 30.2 Å². The first kappa shape index (κ1) is 15.9. The van der Waals surface area contributed by atoms with Gasteiger partial charge in [-0.3, -0.25) is 0 Å². The van der Waals surface area contributed by atoms with Crippen LogP contribution in [0, 0.1) is 5.92 Å². The second-order valence-corrected chi connectivity index (χ2v) is 6.58. The quantitative estimate of drug-likeness (QED) is 0.706. The topological polar surface area (TPSA) is 84.2 Å². The maximum Gasteiger partial charge on any atom is 0.240 e. The monoisotopic (exact) mass is 285 g/mol. The molecule has 0 amide bonds. The average Bonchev–Trinajstić information content (AvgIpc) is 2.36. The van der Waals surface area contributed by atoms with E-state index in [-0.39, 0.29) is 10.9 Å². The van der Waals surface area contributed by atoms with Gasteiger partial charge in [-0.2, -0.15) is 0 Å². The van der Waals surface area contributed by atoms with E-state index in [1.807, 2.05) is 0 Å². The van der Waals surface area contributed by atoms with Crippen LogP contribution in [0.2, 0.25) is 0 Å². The van der Waals surface area contributed by atoms with Crippen molar-refractivity contribution < 1.29 is 8.42 Å². The predicted octanol–water partition coefficient (Wildman–Crippen LogP) is 1.38. The first-order valence-electron chi connectivity index (χ1n) is 6.46. The van der Waals surface area contributed by atoms with Gasteiger partial charge in [0.25, 0.3) is 0 Å². The number of hydrogen-bond acceptors (Lipinski definition) is 4. The molecule has 0 fully saturated rings. The molecule has 1 aromatic rings. The molecule has 108 valence electrons. The third-order valence-electron chi connectivity index (χ3n) is 2.90. The summed E-state index contributed by atoms with van der Waals surface area (Å²) in [5.74, 6) is 0.404.